The predicted molar refractivity (Wildman–Crippen MR) is 56.0 cm³/mol. The van der Waals surface area contributed by atoms with E-state index in [1.54, 1.807) is 13.8 Å². The van der Waals surface area contributed by atoms with Crippen LogP contribution in [-0.4, -0.2) is 28.0 Å². The number of aromatic nitrogens is 1. The van der Waals surface area contributed by atoms with Crippen LogP contribution in [0.15, 0.2) is 6.20 Å². The van der Waals surface area contributed by atoms with E-state index in [1.165, 1.54) is 17.5 Å². The van der Waals surface area contributed by atoms with Crippen LogP contribution in [0.5, 0.6) is 0 Å². The molecule has 1 aromatic rings. The van der Waals surface area contributed by atoms with Gasteiger partial charge in [-0.15, -0.1) is 11.3 Å². The fraction of sp³-hybridized carbons (Fsp3) is 0.444. The lowest BCUT2D eigenvalue weighted by Crippen LogP contribution is -2.39. The quantitative estimate of drug-likeness (QED) is 0.807. The fourth-order valence-electron chi connectivity index (χ4n) is 1.03. The molecular weight excluding hydrogens is 216 g/mol. The maximum atomic E-state index is 11.5. The third kappa shape index (κ3) is 3.02. The van der Waals surface area contributed by atoms with Crippen molar-refractivity contribution in [2.75, 3.05) is 0 Å². The van der Waals surface area contributed by atoms with Gasteiger partial charge < -0.3 is 10.4 Å². The Morgan fingerprint density at radius 1 is 1.67 bits per heavy atom. The van der Waals surface area contributed by atoms with Crippen LogP contribution in [0.4, 0.5) is 0 Å². The number of amides is 1. The largest absolute Gasteiger partial charge is 0.480 e. The van der Waals surface area contributed by atoms with E-state index in [9.17, 15) is 9.59 Å². The molecule has 1 amide bonds. The molecule has 1 rings (SSSR count). The van der Waals surface area contributed by atoms with Crippen LogP contribution in [0, 0.1) is 6.92 Å². The summed E-state index contributed by atoms with van der Waals surface area (Å²) in [7, 11) is 0. The van der Waals surface area contributed by atoms with Crippen LogP contribution in [0.1, 0.15) is 28.0 Å². The Labute approximate surface area is 91.1 Å². The minimum atomic E-state index is -1.02. The molecule has 0 aliphatic heterocycles. The van der Waals surface area contributed by atoms with Crippen LogP contribution in [0.3, 0.4) is 0 Å². The van der Waals surface area contributed by atoms with Gasteiger partial charge in [0.1, 0.15) is 10.9 Å². The van der Waals surface area contributed by atoms with Gasteiger partial charge in [0.2, 0.25) is 0 Å². The van der Waals surface area contributed by atoms with Crippen LogP contribution < -0.4 is 5.32 Å². The summed E-state index contributed by atoms with van der Waals surface area (Å²) < 4.78 is 0. The van der Waals surface area contributed by atoms with Gasteiger partial charge in [-0.1, -0.05) is 6.92 Å². The normalized spacial score (nSPS) is 12.1. The van der Waals surface area contributed by atoms with E-state index in [0.717, 1.165) is 5.01 Å². The van der Waals surface area contributed by atoms with Gasteiger partial charge in [0.05, 0.1) is 11.2 Å². The number of carboxylic acids is 1. The summed E-state index contributed by atoms with van der Waals surface area (Å²) in [6, 6.07) is -0.833. The van der Waals surface area contributed by atoms with Crippen LogP contribution in [-0.2, 0) is 4.79 Å². The highest BCUT2D eigenvalue weighted by Gasteiger charge is 2.19. The molecule has 2 N–H and O–H groups in total. The van der Waals surface area contributed by atoms with E-state index >= 15 is 0 Å². The maximum Gasteiger partial charge on any atom is 0.326 e. The second-order valence-corrected chi connectivity index (χ2v) is 4.25. The Bertz CT molecular complexity index is 375. The zero-order valence-electron chi connectivity index (χ0n) is 8.48. The average molecular weight is 228 g/mol. The molecule has 0 radical (unpaired) electrons. The Morgan fingerprint density at radius 2 is 2.33 bits per heavy atom. The number of aryl methyl sites for hydroxylation is 1. The number of nitrogens with one attached hydrogen (secondary N) is 1. The predicted octanol–water partition coefficient (Wildman–Crippen LogP) is 1.04. The van der Waals surface area contributed by atoms with Gasteiger partial charge in [-0.2, -0.15) is 0 Å². The van der Waals surface area contributed by atoms with E-state index in [1.807, 2.05) is 0 Å². The molecule has 5 nitrogen and oxygen atoms in total. The van der Waals surface area contributed by atoms with Crippen molar-refractivity contribution >= 4 is 23.2 Å². The smallest absolute Gasteiger partial charge is 0.326 e. The van der Waals surface area contributed by atoms with E-state index in [4.69, 9.17) is 5.11 Å². The van der Waals surface area contributed by atoms with E-state index in [2.05, 4.69) is 10.3 Å². The summed E-state index contributed by atoms with van der Waals surface area (Å²) in [5.74, 6) is -1.40. The number of hydrogen-bond acceptors (Lipinski definition) is 4. The molecule has 82 valence electrons. The van der Waals surface area contributed by atoms with Crippen molar-refractivity contribution in [2.45, 2.75) is 26.3 Å². The molecular formula is C9H12N2O3S. The SMILES string of the molecule is CCC(NC(=O)c1cnc(C)s1)C(=O)O. The first-order chi connectivity index (χ1) is 7.04. The zero-order chi connectivity index (χ0) is 11.4. The van der Waals surface area contributed by atoms with Gasteiger partial charge >= 0.3 is 5.97 Å². The molecule has 6 heteroatoms. The summed E-state index contributed by atoms with van der Waals surface area (Å²) in [5.41, 5.74) is 0. The third-order valence-electron chi connectivity index (χ3n) is 1.86. The zero-order valence-corrected chi connectivity index (χ0v) is 9.30. The number of carboxylic acid groups (broad SMARTS) is 1. The summed E-state index contributed by atoms with van der Waals surface area (Å²) >= 11 is 1.24. The molecule has 0 saturated carbocycles. The molecule has 0 saturated heterocycles. The third-order valence-corrected chi connectivity index (χ3v) is 2.77. The molecule has 0 fully saturated rings. The second-order valence-electron chi connectivity index (χ2n) is 3.02. The number of rotatable bonds is 4. The van der Waals surface area contributed by atoms with E-state index in [-0.39, 0.29) is 5.91 Å². The molecule has 1 atom stereocenters. The topological polar surface area (TPSA) is 79.3 Å². The van der Waals surface area contributed by atoms with Gasteiger partial charge in [0.15, 0.2) is 0 Å². The molecule has 0 aliphatic carbocycles. The Morgan fingerprint density at radius 3 is 2.73 bits per heavy atom. The van der Waals surface area contributed by atoms with Gasteiger partial charge in [-0.25, -0.2) is 9.78 Å². The Hall–Kier alpha value is -1.43. The monoisotopic (exact) mass is 228 g/mol. The van der Waals surface area contributed by atoms with Crippen molar-refractivity contribution in [1.29, 1.82) is 0 Å². The number of nitrogens with zero attached hydrogens (tertiary/aromatic N) is 1. The van der Waals surface area contributed by atoms with Crippen molar-refractivity contribution in [3.8, 4) is 0 Å². The van der Waals surface area contributed by atoms with Crippen molar-refractivity contribution in [1.82, 2.24) is 10.3 Å². The summed E-state index contributed by atoms with van der Waals surface area (Å²) in [6.07, 6.45) is 1.81. The first-order valence-electron chi connectivity index (χ1n) is 4.50. The molecule has 0 aliphatic rings. The number of aliphatic carboxylic acids is 1. The van der Waals surface area contributed by atoms with Gasteiger partial charge in [-0.3, -0.25) is 4.79 Å². The lowest BCUT2D eigenvalue weighted by Gasteiger charge is -2.10. The molecule has 0 spiro atoms. The fourth-order valence-corrected chi connectivity index (χ4v) is 1.71. The molecule has 1 unspecified atom stereocenters. The minimum absolute atomic E-state index is 0.360. The highest BCUT2D eigenvalue weighted by Crippen LogP contribution is 2.11. The van der Waals surface area contributed by atoms with Gasteiger partial charge in [0.25, 0.3) is 5.91 Å². The molecule has 15 heavy (non-hydrogen) atoms. The molecule has 1 aromatic heterocycles. The summed E-state index contributed by atoms with van der Waals surface area (Å²) in [4.78, 5) is 26.6. The van der Waals surface area contributed by atoms with Gasteiger partial charge in [-0.05, 0) is 13.3 Å². The number of hydrogen-bond donors (Lipinski definition) is 2. The van der Waals surface area contributed by atoms with Crippen molar-refractivity contribution < 1.29 is 14.7 Å². The van der Waals surface area contributed by atoms with Crippen molar-refractivity contribution in [3.05, 3.63) is 16.1 Å². The Balaban J connectivity index is 2.66. The standard InChI is InChI=1S/C9H12N2O3S/c1-3-6(9(13)14)11-8(12)7-4-10-5(2)15-7/h4,6H,3H2,1-2H3,(H,11,12)(H,13,14). The highest BCUT2D eigenvalue weighted by atomic mass is 32.1. The highest BCUT2D eigenvalue weighted by molar-refractivity contribution is 7.13. The first-order valence-corrected chi connectivity index (χ1v) is 5.32. The first kappa shape index (κ1) is 11.6. The number of carbonyl (C=O) groups is 2. The van der Waals surface area contributed by atoms with E-state index < -0.39 is 12.0 Å². The lowest BCUT2D eigenvalue weighted by atomic mass is 10.2. The molecule has 0 aromatic carbocycles. The summed E-state index contributed by atoms with van der Waals surface area (Å²) in [5, 5.41) is 12.0. The summed E-state index contributed by atoms with van der Waals surface area (Å²) in [6.45, 7) is 3.49. The minimum Gasteiger partial charge on any atom is -0.480 e. The second kappa shape index (κ2) is 4.88. The van der Waals surface area contributed by atoms with Crippen molar-refractivity contribution in [2.24, 2.45) is 0 Å². The van der Waals surface area contributed by atoms with Crippen LogP contribution in [0.25, 0.3) is 0 Å². The number of thiazole rings is 1. The van der Waals surface area contributed by atoms with Crippen LogP contribution >= 0.6 is 11.3 Å². The van der Waals surface area contributed by atoms with Gasteiger partial charge in [0, 0.05) is 0 Å². The lowest BCUT2D eigenvalue weighted by molar-refractivity contribution is -0.139. The molecule has 0 bridgehead atoms. The average Bonchev–Trinajstić information content (AvgIpc) is 2.60. The maximum absolute atomic E-state index is 11.5. The number of carbonyl (C=O) groups excluding carboxylic acids is 1. The van der Waals surface area contributed by atoms with E-state index in [0.29, 0.717) is 11.3 Å². The Kier molecular flexibility index (Phi) is 3.79. The molecule has 1 heterocycles. The van der Waals surface area contributed by atoms with Crippen molar-refractivity contribution in [3.63, 3.8) is 0 Å². The van der Waals surface area contributed by atoms with Crippen LogP contribution in [0.2, 0.25) is 0 Å².